The molecule has 0 radical (unpaired) electrons. The number of amides is 2. The lowest BCUT2D eigenvalue weighted by molar-refractivity contribution is -0.129. The van der Waals surface area contributed by atoms with E-state index in [0.717, 1.165) is 0 Å². The van der Waals surface area contributed by atoms with Crippen molar-refractivity contribution in [3.8, 4) is 22.8 Å². The first-order valence-corrected chi connectivity index (χ1v) is 14.7. The van der Waals surface area contributed by atoms with Gasteiger partial charge < -0.3 is 19.8 Å². The molecule has 5 heterocycles. The first kappa shape index (κ1) is 30.2. The van der Waals surface area contributed by atoms with Gasteiger partial charge in [-0.15, -0.1) is 0 Å². The van der Waals surface area contributed by atoms with E-state index < -0.39 is 28.9 Å². The highest BCUT2D eigenvalue weighted by Crippen LogP contribution is 2.45. The number of rotatable bonds is 3. The second-order valence-electron chi connectivity index (χ2n) is 12.3. The summed E-state index contributed by atoms with van der Waals surface area (Å²) in [5.74, 6) is -1.64. The van der Waals surface area contributed by atoms with Crippen molar-refractivity contribution in [3.63, 3.8) is 0 Å². The molecular weight excluding hydrogens is 601 g/mol. The van der Waals surface area contributed by atoms with E-state index in [9.17, 15) is 19.5 Å². The van der Waals surface area contributed by atoms with Crippen LogP contribution in [0.2, 0.25) is 5.02 Å². The van der Waals surface area contributed by atoms with Crippen molar-refractivity contribution in [1.29, 1.82) is 0 Å². The number of pyridine rings is 2. The maximum Gasteiger partial charge on any atom is 0.284 e. The van der Waals surface area contributed by atoms with Crippen LogP contribution in [-0.4, -0.2) is 73.6 Å². The van der Waals surface area contributed by atoms with Crippen LogP contribution in [0.1, 0.15) is 33.4 Å². The Morgan fingerprint density at radius 1 is 1.16 bits per heavy atom. The molecule has 1 N–H and O–H groups in total. The quantitative estimate of drug-likeness (QED) is 0.334. The number of carbonyl (C=O) groups is 2. The molecule has 1 saturated heterocycles. The zero-order chi connectivity index (χ0) is 32.5. The lowest BCUT2D eigenvalue weighted by atomic mass is 9.91. The van der Waals surface area contributed by atoms with Crippen molar-refractivity contribution in [1.82, 2.24) is 24.4 Å². The van der Waals surface area contributed by atoms with Gasteiger partial charge in [0.1, 0.15) is 23.3 Å². The number of piperazine rings is 1. The van der Waals surface area contributed by atoms with Crippen LogP contribution in [0.25, 0.3) is 28.1 Å². The van der Waals surface area contributed by atoms with Crippen LogP contribution in [0.15, 0.2) is 54.1 Å². The maximum absolute atomic E-state index is 15.2. The van der Waals surface area contributed by atoms with Gasteiger partial charge in [-0.3, -0.25) is 19.4 Å². The highest BCUT2D eigenvalue weighted by Gasteiger charge is 2.47. The fourth-order valence-electron chi connectivity index (χ4n) is 6.26. The van der Waals surface area contributed by atoms with Gasteiger partial charge in [-0.25, -0.2) is 18.9 Å². The number of halogens is 2. The Morgan fingerprint density at radius 3 is 2.53 bits per heavy atom. The second-order valence-corrected chi connectivity index (χ2v) is 12.7. The summed E-state index contributed by atoms with van der Waals surface area (Å²) >= 11 is 6.81. The zero-order valence-electron chi connectivity index (χ0n) is 25.4. The molecule has 13 heteroatoms. The van der Waals surface area contributed by atoms with Gasteiger partial charge >= 0.3 is 0 Å². The third-order valence-electron chi connectivity index (χ3n) is 8.27. The molecule has 2 atom stereocenters. The number of aromatic hydroxyl groups is 1. The molecule has 45 heavy (non-hydrogen) atoms. The summed E-state index contributed by atoms with van der Waals surface area (Å²) in [6.45, 7) is 11.5. The van der Waals surface area contributed by atoms with Crippen LogP contribution in [0.4, 0.5) is 15.8 Å². The first-order valence-electron chi connectivity index (χ1n) is 14.3. The molecule has 1 aromatic carbocycles. The van der Waals surface area contributed by atoms with Gasteiger partial charge in [-0.2, -0.15) is 0 Å². The number of fused-ring (bicyclic) bond motifs is 5. The number of hydrogen-bond acceptors (Lipinski definition) is 8. The van der Waals surface area contributed by atoms with Gasteiger partial charge in [0.2, 0.25) is 5.91 Å². The maximum atomic E-state index is 15.2. The summed E-state index contributed by atoms with van der Waals surface area (Å²) in [5.41, 5.74) is -0.460. The number of carbonyl (C=O) groups excluding carboxylic acids is 2. The molecule has 2 aliphatic rings. The highest BCUT2D eigenvalue weighted by atomic mass is 35.5. The Hall–Kier alpha value is -4.84. The average Bonchev–Trinajstić information content (AvgIpc) is 2.99. The monoisotopic (exact) mass is 631 g/mol. The van der Waals surface area contributed by atoms with Crippen LogP contribution in [0.3, 0.4) is 0 Å². The fraction of sp³-hybridized carbons (Fsp3) is 0.312. The summed E-state index contributed by atoms with van der Waals surface area (Å²) < 4.78 is 16.4. The Balaban J connectivity index is 1.76. The topological polar surface area (TPSA) is 125 Å². The zero-order valence-corrected chi connectivity index (χ0v) is 26.1. The van der Waals surface area contributed by atoms with Crippen molar-refractivity contribution >= 4 is 45.8 Å². The van der Waals surface area contributed by atoms with Crippen molar-refractivity contribution in [2.45, 2.75) is 45.2 Å². The van der Waals surface area contributed by atoms with Crippen molar-refractivity contribution in [3.05, 3.63) is 76.2 Å². The van der Waals surface area contributed by atoms with Crippen molar-refractivity contribution in [2.75, 3.05) is 29.9 Å². The van der Waals surface area contributed by atoms with Gasteiger partial charge in [0.25, 0.3) is 11.5 Å². The van der Waals surface area contributed by atoms with E-state index in [1.165, 1.54) is 53.2 Å². The lowest BCUT2D eigenvalue weighted by Gasteiger charge is -2.50. The Bertz CT molecular complexity index is 1970. The Labute approximate surface area is 263 Å². The molecule has 232 valence electrons. The molecule has 11 nitrogen and oxygen atoms in total. The van der Waals surface area contributed by atoms with Gasteiger partial charge in [0.05, 0.1) is 34.2 Å². The second kappa shape index (κ2) is 10.7. The smallest absolute Gasteiger partial charge is 0.284 e. The molecule has 0 unspecified atom stereocenters. The number of aromatic nitrogens is 4. The number of hydrogen-bond donors (Lipinski definition) is 1. The van der Waals surface area contributed by atoms with E-state index in [1.807, 2.05) is 32.6 Å². The number of phenolic OH excluding ortho intramolecular Hbond substituents is 1. The number of phenols is 1. The van der Waals surface area contributed by atoms with Crippen LogP contribution in [0.5, 0.6) is 5.75 Å². The Morgan fingerprint density at radius 2 is 1.87 bits per heavy atom. The molecule has 0 saturated carbocycles. The SMILES string of the molecule is C=CC(=O)N1C[C@@H](C)N2c3c(c(=O)n(-c4nccnc4C(C)(C)C)c4nc(-c5c(O)cccc5F)c(Cl)cc34)N(C)C(=O)[C@H]2C1. The highest BCUT2D eigenvalue weighted by molar-refractivity contribution is 6.34. The fourth-order valence-corrected chi connectivity index (χ4v) is 6.51. The molecular formula is C32H31ClFN7O4. The minimum atomic E-state index is -0.815. The molecule has 2 aliphatic heterocycles. The van der Waals surface area contributed by atoms with Crippen LogP contribution in [0, 0.1) is 5.82 Å². The van der Waals surface area contributed by atoms with Crippen LogP contribution < -0.4 is 15.4 Å². The van der Waals surface area contributed by atoms with E-state index in [2.05, 4.69) is 16.5 Å². The summed E-state index contributed by atoms with van der Waals surface area (Å²) in [4.78, 5) is 59.7. The standard InChI is InChI=1S/C32H31ClFN7O4/c1-7-22(43)39-14-16(2)40-20(15-39)30(44)38(6)26-25(40)17-13-18(33)24(23-19(34)9-8-10-21(23)42)37-28(17)41(31(26)45)29-27(32(3,4)5)35-11-12-36-29/h7-13,16,20,42H,1,14-15H2,2-6H3/t16-,20-/m1/s1. The largest absolute Gasteiger partial charge is 0.507 e. The predicted molar refractivity (Wildman–Crippen MR) is 170 cm³/mol. The predicted octanol–water partition coefficient (Wildman–Crippen LogP) is 4.21. The molecule has 0 aliphatic carbocycles. The van der Waals surface area contributed by atoms with E-state index in [0.29, 0.717) is 16.8 Å². The normalized spacial score (nSPS) is 18.2. The molecule has 3 aromatic heterocycles. The lowest BCUT2D eigenvalue weighted by Crippen LogP contribution is -2.66. The average molecular weight is 632 g/mol. The summed E-state index contributed by atoms with van der Waals surface area (Å²) in [7, 11) is 1.51. The van der Waals surface area contributed by atoms with E-state index >= 15 is 4.39 Å². The summed E-state index contributed by atoms with van der Waals surface area (Å²) in [5, 5.41) is 11.0. The minimum absolute atomic E-state index is 0.00900. The number of nitrogens with zero attached hydrogens (tertiary/aromatic N) is 7. The molecule has 6 rings (SSSR count). The number of anilines is 2. The summed E-state index contributed by atoms with van der Waals surface area (Å²) in [6.07, 6.45) is 4.18. The number of likely N-dealkylation sites (N-methyl/N-ethyl adjacent to an activating group) is 1. The third-order valence-corrected chi connectivity index (χ3v) is 8.55. The molecule has 1 fully saturated rings. The van der Waals surface area contributed by atoms with E-state index in [-0.39, 0.29) is 64.1 Å². The third kappa shape index (κ3) is 4.62. The summed E-state index contributed by atoms with van der Waals surface area (Å²) in [6, 6.07) is 4.19. The van der Waals surface area contributed by atoms with Crippen LogP contribution in [-0.2, 0) is 15.0 Å². The molecule has 2 amide bonds. The minimum Gasteiger partial charge on any atom is -0.507 e. The molecule has 4 aromatic rings. The van der Waals surface area contributed by atoms with Gasteiger partial charge in [-0.05, 0) is 31.2 Å². The first-order chi connectivity index (χ1) is 21.3. The van der Waals surface area contributed by atoms with Gasteiger partial charge in [-0.1, -0.05) is 45.0 Å². The van der Waals surface area contributed by atoms with Crippen LogP contribution >= 0.6 is 11.6 Å². The van der Waals surface area contributed by atoms with Gasteiger partial charge in [0, 0.05) is 42.8 Å². The van der Waals surface area contributed by atoms with Crippen molar-refractivity contribution < 1.29 is 19.1 Å². The molecule has 0 spiro atoms. The van der Waals surface area contributed by atoms with Gasteiger partial charge in [0.15, 0.2) is 11.5 Å². The van der Waals surface area contributed by atoms with Crippen molar-refractivity contribution in [2.24, 2.45) is 0 Å². The Kier molecular flexibility index (Phi) is 7.15. The van der Waals surface area contributed by atoms with E-state index in [1.54, 1.807) is 11.0 Å². The van der Waals surface area contributed by atoms with E-state index in [4.69, 9.17) is 16.6 Å². The number of benzene rings is 1. The molecule has 0 bridgehead atoms.